The third kappa shape index (κ3) is 2.38. The summed E-state index contributed by atoms with van der Waals surface area (Å²) in [5.41, 5.74) is 1.42. The van der Waals surface area contributed by atoms with Gasteiger partial charge >= 0.3 is 0 Å². The van der Waals surface area contributed by atoms with Crippen molar-refractivity contribution in [2.75, 3.05) is 5.32 Å². The molecule has 1 aliphatic heterocycles. The van der Waals surface area contributed by atoms with Crippen molar-refractivity contribution in [3.63, 3.8) is 0 Å². The number of rotatable bonds is 2. The van der Waals surface area contributed by atoms with Crippen LogP contribution in [0.4, 0.5) is 5.82 Å². The Bertz CT molecular complexity index is 846. The van der Waals surface area contributed by atoms with Crippen LogP contribution in [0.3, 0.4) is 0 Å². The van der Waals surface area contributed by atoms with E-state index in [-0.39, 0.29) is 6.04 Å². The number of fused-ring (bicyclic) bond motifs is 2. The zero-order valence-corrected chi connectivity index (χ0v) is 13.0. The fourth-order valence-electron chi connectivity index (χ4n) is 2.68. The highest BCUT2D eigenvalue weighted by Gasteiger charge is 2.22. The van der Waals surface area contributed by atoms with Crippen LogP contribution in [0.2, 0.25) is 10.0 Å². The lowest BCUT2D eigenvalue weighted by atomic mass is 10.1. The highest BCUT2D eigenvalue weighted by Crippen LogP contribution is 2.28. The van der Waals surface area contributed by atoms with Crippen LogP contribution < -0.4 is 5.32 Å². The fourth-order valence-corrected chi connectivity index (χ4v) is 3.00. The molecule has 8 heteroatoms. The van der Waals surface area contributed by atoms with Crippen molar-refractivity contribution >= 4 is 40.1 Å². The summed E-state index contributed by atoms with van der Waals surface area (Å²) in [6.45, 7) is 0.908. The lowest BCUT2D eigenvalue weighted by molar-refractivity contribution is 0.437. The predicted octanol–water partition coefficient (Wildman–Crippen LogP) is 3.48. The number of benzene rings is 1. The van der Waals surface area contributed by atoms with Gasteiger partial charge in [0.1, 0.15) is 18.0 Å². The molecule has 3 heterocycles. The summed E-state index contributed by atoms with van der Waals surface area (Å²) in [5.74, 6) is 1.62. The van der Waals surface area contributed by atoms with Crippen molar-refractivity contribution in [1.82, 2.24) is 24.7 Å². The molecule has 0 bridgehead atoms. The molecule has 3 aromatic rings. The molecule has 22 heavy (non-hydrogen) atoms. The van der Waals surface area contributed by atoms with Gasteiger partial charge in [-0.05, 0) is 25.0 Å². The second-order valence-electron chi connectivity index (χ2n) is 5.19. The summed E-state index contributed by atoms with van der Waals surface area (Å²) < 4.78 is 1.92. The third-order valence-electron chi connectivity index (χ3n) is 3.73. The number of anilines is 1. The Labute approximate surface area is 136 Å². The van der Waals surface area contributed by atoms with Gasteiger partial charge in [-0.3, -0.25) is 4.98 Å². The molecular weight excluding hydrogens is 323 g/mol. The average molecular weight is 335 g/mol. The van der Waals surface area contributed by atoms with Gasteiger partial charge in [-0.25, -0.2) is 14.6 Å². The fraction of sp³-hybridized carbons (Fsp3) is 0.286. The molecule has 1 aliphatic rings. The van der Waals surface area contributed by atoms with E-state index in [1.165, 1.54) is 0 Å². The highest BCUT2D eigenvalue weighted by molar-refractivity contribution is 6.42. The van der Waals surface area contributed by atoms with E-state index in [9.17, 15) is 0 Å². The maximum absolute atomic E-state index is 6.04. The minimum atomic E-state index is 0.0887. The average Bonchev–Trinajstić information content (AvgIpc) is 2.98. The van der Waals surface area contributed by atoms with Crippen molar-refractivity contribution in [3.8, 4) is 0 Å². The number of nitrogens with one attached hydrogen (secondary N) is 1. The van der Waals surface area contributed by atoms with Gasteiger partial charge in [-0.1, -0.05) is 23.2 Å². The van der Waals surface area contributed by atoms with Gasteiger partial charge in [0, 0.05) is 6.54 Å². The Morgan fingerprint density at radius 2 is 1.95 bits per heavy atom. The summed E-state index contributed by atoms with van der Waals surface area (Å²) in [6.07, 6.45) is 5.32. The Morgan fingerprint density at radius 1 is 1.14 bits per heavy atom. The van der Waals surface area contributed by atoms with E-state index in [0.717, 1.165) is 25.2 Å². The predicted molar refractivity (Wildman–Crippen MR) is 85.2 cm³/mol. The lowest BCUT2D eigenvalue weighted by Crippen LogP contribution is -2.23. The highest BCUT2D eigenvalue weighted by atomic mass is 35.5. The molecule has 0 radical (unpaired) electrons. The van der Waals surface area contributed by atoms with Gasteiger partial charge in [-0.2, -0.15) is 5.10 Å². The van der Waals surface area contributed by atoms with Gasteiger partial charge in [-0.15, -0.1) is 0 Å². The van der Waals surface area contributed by atoms with Crippen LogP contribution >= 0.6 is 23.2 Å². The first-order valence-corrected chi connectivity index (χ1v) is 7.72. The summed E-state index contributed by atoms with van der Waals surface area (Å²) >= 11 is 12.0. The van der Waals surface area contributed by atoms with E-state index in [0.29, 0.717) is 26.9 Å². The van der Waals surface area contributed by atoms with E-state index < -0.39 is 0 Å². The van der Waals surface area contributed by atoms with E-state index >= 15 is 0 Å². The zero-order valence-electron chi connectivity index (χ0n) is 11.5. The quantitative estimate of drug-likeness (QED) is 0.777. The van der Waals surface area contributed by atoms with Crippen molar-refractivity contribution in [2.24, 2.45) is 0 Å². The molecule has 112 valence electrons. The number of aryl methyl sites for hydroxylation is 1. The van der Waals surface area contributed by atoms with Gasteiger partial charge < -0.3 is 5.32 Å². The summed E-state index contributed by atoms with van der Waals surface area (Å²) in [6, 6.07) is 3.53. The van der Waals surface area contributed by atoms with Crippen LogP contribution in [0.5, 0.6) is 0 Å². The van der Waals surface area contributed by atoms with Crippen LogP contribution in [-0.4, -0.2) is 24.7 Å². The molecule has 6 nitrogen and oxygen atoms in total. The van der Waals surface area contributed by atoms with E-state index in [1.54, 1.807) is 24.7 Å². The first-order valence-electron chi connectivity index (χ1n) is 6.97. The largest absolute Gasteiger partial charge is 0.359 e. The molecule has 4 rings (SSSR count). The summed E-state index contributed by atoms with van der Waals surface area (Å²) in [7, 11) is 0. The molecule has 0 saturated heterocycles. The second-order valence-corrected chi connectivity index (χ2v) is 6.01. The smallest absolute Gasteiger partial charge is 0.149 e. The standard InChI is InChI=1S/C14H12Cl2N6/c15-8-4-11-12(5-9(8)16)21-13(6-17-11)20-10-2-1-3-22-14(10)18-7-19-22/h4-7,10H,1-3H2,(H,20,21)/t10-/m0/s1. The van der Waals surface area contributed by atoms with Crippen molar-refractivity contribution < 1.29 is 0 Å². The molecule has 0 saturated carbocycles. The molecule has 0 aliphatic carbocycles. The maximum atomic E-state index is 6.04. The van der Waals surface area contributed by atoms with Gasteiger partial charge in [0.2, 0.25) is 0 Å². The lowest BCUT2D eigenvalue weighted by Gasteiger charge is -2.23. The Kier molecular flexibility index (Phi) is 3.35. The molecule has 1 aromatic carbocycles. The van der Waals surface area contributed by atoms with Crippen LogP contribution in [0, 0.1) is 0 Å². The first-order chi connectivity index (χ1) is 10.7. The molecule has 1 atom stereocenters. The van der Waals surface area contributed by atoms with Gasteiger partial charge in [0.05, 0.1) is 33.3 Å². The maximum Gasteiger partial charge on any atom is 0.149 e. The number of aromatic nitrogens is 5. The Balaban J connectivity index is 1.67. The Morgan fingerprint density at radius 3 is 2.82 bits per heavy atom. The van der Waals surface area contributed by atoms with Crippen LogP contribution in [0.25, 0.3) is 11.0 Å². The zero-order chi connectivity index (χ0) is 15.1. The SMILES string of the molecule is Clc1cc2ncc(N[C@H]3CCCn4ncnc43)nc2cc1Cl. The summed E-state index contributed by atoms with van der Waals surface area (Å²) in [4.78, 5) is 13.3. The molecule has 0 unspecified atom stereocenters. The van der Waals surface area contributed by atoms with Crippen LogP contribution in [0.1, 0.15) is 24.7 Å². The molecule has 0 amide bonds. The van der Waals surface area contributed by atoms with Crippen molar-refractivity contribution in [1.29, 1.82) is 0 Å². The van der Waals surface area contributed by atoms with Crippen molar-refractivity contribution in [2.45, 2.75) is 25.4 Å². The molecule has 0 spiro atoms. The minimum absolute atomic E-state index is 0.0887. The number of nitrogens with zero attached hydrogens (tertiary/aromatic N) is 5. The monoisotopic (exact) mass is 334 g/mol. The van der Waals surface area contributed by atoms with Gasteiger partial charge in [0.15, 0.2) is 0 Å². The normalized spacial score (nSPS) is 17.5. The van der Waals surface area contributed by atoms with E-state index in [4.69, 9.17) is 23.2 Å². The molecule has 1 N–H and O–H groups in total. The van der Waals surface area contributed by atoms with Crippen LogP contribution in [-0.2, 0) is 6.54 Å². The Hall–Kier alpha value is -1.92. The third-order valence-corrected chi connectivity index (χ3v) is 4.45. The molecular formula is C14H12Cl2N6. The van der Waals surface area contributed by atoms with Crippen molar-refractivity contribution in [3.05, 3.63) is 40.5 Å². The van der Waals surface area contributed by atoms with E-state index in [2.05, 4.69) is 25.4 Å². The molecule has 0 fully saturated rings. The number of hydrogen-bond donors (Lipinski definition) is 1. The number of halogens is 2. The first kappa shape index (κ1) is 13.7. The second kappa shape index (κ2) is 5.37. The van der Waals surface area contributed by atoms with E-state index in [1.807, 2.05) is 4.68 Å². The van der Waals surface area contributed by atoms with Gasteiger partial charge in [0.25, 0.3) is 0 Å². The van der Waals surface area contributed by atoms with Crippen LogP contribution in [0.15, 0.2) is 24.7 Å². The molecule has 2 aromatic heterocycles. The topological polar surface area (TPSA) is 68.5 Å². The minimum Gasteiger partial charge on any atom is -0.359 e. The number of hydrogen-bond acceptors (Lipinski definition) is 5. The summed E-state index contributed by atoms with van der Waals surface area (Å²) in [5, 5.41) is 8.54.